The summed E-state index contributed by atoms with van der Waals surface area (Å²) in [4.78, 5) is 12.8. The normalized spacial score (nSPS) is 15.8. The van der Waals surface area contributed by atoms with E-state index in [9.17, 15) is 4.79 Å². The third kappa shape index (κ3) is 2.85. The van der Waals surface area contributed by atoms with Gasteiger partial charge in [-0.2, -0.15) is 0 Å². The summed E-state index contributed by atoms with van der Waals surface area (Å²) in [5.41, 5.74) is 1.42. The van der Waals surface area contributed by atoms with Gasteiger partial charge in [-0.15, -0.1) is 0 Å². The molecule has 1 aliphatic heterocycles. The molecule has 0 saturated heterocycles. The highest BCUT2D eigenvalue weighted by atomic mass is 16.5. The van der Waals surface area contributed by atoms with E-state index in [0.29, 0.717) is 28.6 Å². The first kappa shape index (κ1) is 17.2. The predicted molar refractivity (Wildman–Crippen MR) is 102 cm³/mol. The number of carbonyl (C=O) groups excluding carboxylic acids is 1. The van der Waals surface area contributed by atoms with E-state index in [2.05, 4.69) is 0 Å². The van der Waals surface area contributed by atoms with Crippen LogP contribution in [0.3, 0.4) is 0 Å². The molecule has 0 spiro atoms. The summed E-state index contributed by atoms with van der Waals surface area (Å²) in [6.45, 7) is 0. The van der Waals surface area contributed by atoms with Crippen molar-refractivity contribution in [2.45, 2.75) is 12.5 Å². The highest BCUT2D eigenvalue weighted by Crippen LogP contribution is 2.44. The van der Waals surface area contributed by atoms with E-state index in [1.165, 1.54) is 0 Å². The van der Waals surface area contributed by atoms with E-state index >= 15 is 0 Å². The molecule has 1 heterocycles. The zero-order valence-electron chi connectivity index (χ0n) is 15.4. The van der Waals surface area contributed by atoms with Crippen molar-refractivity contribution in [3.8, 4) is 23.0 Å². The number of carbonyl (C=O) groups is 1. The van der Waals surface area contributed by atoms with Crippen LogP contribution < -0.4 is 18.9 Å². The minimum Gasteiger partial charge on any atom is -0.493 e. The van der Waals surface area contributed by atoms with Gasteiger partial charge in [0.05, 0.1) is 33.3 Å². The van der Waals surface area contributed by atoms with Gasteiger partial charge >= 0.3 is 0 Å². The maximum Gasteiger partial charge on any atom is 0.203 e. The van der Waals surface area contributed by atoms with Crippen LogP contribution in [0.2, 0.25) is 0 Å². The highest BCUT2D eigenvalue weighted by molar-refractivity contribution is 6.06. The largest absolute Gasteiger partial charge is 0.493 e. The van der Waals surface area contributed by atoms with Crippen molar-refractivity contribution in [3.05, 3.63) is 59.7 Å². The Morgan fingerprint density at radius 3 is 2.30 bits per heavy atom. The Bertz CT molecular complexity index is 999. The zero-order chi connectivity index (χ0) is 19.0. The third-order valence-corrected chi connectivity index (χ3v) is 4.87. The van der Waals surface area contributed by atoms with Gasteiger partial charge in [-0.3, -0.25) is 4.79 Å². The molecule has 0 fully saturated rings. The van der Waals surface area contributed by atoms with Gasteiger partial charge in [0.1, 0.15) is 11.9 Å². The molecule has 0 N–H and O–H groups in total. The van der Waals surface area contributed by atoms with Gasteiger partial charge in [0.15, 0.2) is 17.3 Å². The van der Waals surface area contributed by atoms with E-state index in [-0.39, 0.29) is 12.2 Å². The average molecular weight is 364 g/mol. The smallest absolute Gasteiger partial charge is 0.203 e. The zero-order valence-corrected chi connectivity index (χ0v) is 15.4. The molecule has 0 aromatic heterocycles. The number of hydrogen-bond donors (Lipinski definition) is 0. The summed E-state index contributed by atoms with van der Waals surface area (Å²) in [5.74, 6) is 2.26. The summed E-state index contributed by atoms with van der Waals surface area (Å²) < 4.78 is 22.5. The molecule has 1 aliphatic rings. The number of methoxy groups -OCH3 is 3. The number of Topliss-reactive ketones (excluding diaryl/α,β-unsaturated/α-hetero) is 1. The van der Waals surface area contributed by atoms with Crippen molar-refractivity contribution >= 4 is 16.6 Å². The average Bonchev–Trinajstić information content (AvgIpc) is 2.72. The first-order valence-corrected chi connectivity index (χ1v) is 8.67. The SMILES string of the molecule is COc1cc(C2CC(=O)c3ccc4ccccc4c3O2)cc(OC)c1OC. The van der Waals surface area contributed by atoms with Crippen molar-refractivity contribution in [3.63, 3.8) is 0 Å². The second-order valence-electron chi connectivity index (χ2n) is 6.36. The molecule has 4 rings (SSSR count). The Labute approximate surface area is 157 Å². The monoisotopic (exact) mass is 364 g/mol. The lowest BCUT2D eigenvalue weighted by Crippen LogP contribution is -2.20. The molecule has 0 aliphatic carbocycles. The van der Waals surface area contributed by atoms with Crippen molar-refractivity contribution in [2.75, 3.05) is 21.3 Å². The van der Waals surface area contributed by atoms with Crippen LogP contribution in [0.15, 0.2) is 48.5 Å². The summed E-state index contributed by atoms with van der Waals surface area (Å²) in [5, 5.41) is 1.97. The quantitative estimate of drug-likeness (QED) is 0.679. The van der Waals surface area contributed by atoms with E-state index in [1.807, 2.05) is 48.5 Å². The summed E-state index contributed by atoms with van der Waals surface area (Å²) in [7, 11) is 4.69. The van der Waals surface area contributed by atoms with Gasteiger partial charge in [-0.05, 0) is 23.6 Å². The lowest BCUT2D eigenvalue weighted by atomic mass is 9.93. The van der Waals surface area contributed by atoms with Gasteiger partial charge in [-0.25, -0.2) is 0 Å². The lowest BCUT2D eigenvalue weighted by molar-refractivity contribution is 0.0852. The molecule has 3 aromatic carbocycles. The van der Waals surface area contributed by atoms with Crippen LogP contribution in [0.4, 0.5) is 0 Å². The molecule has 0 amide bonds. The molecular weight excluding hydrogens is 344 g/mol. The second kappa shape index (κ2) is 6.83. The number of hydrogen-bond acceptors (Lipinski definition) is 5. The molecule has 27 heavy (non-hydrogen) atoms. The molecule has 5 nitrogen and oxygen atoms in total. The summed E-state index contributed by atoms with van der Waals surface area (Å²) in [6.07, 6.45) is -0.172. The number of fused-ring (bicyclic) bond motifs is 3. The Hall–Kier alpha value is -3.21. The first-order valence-electron chi connectivity index (χ1n) is 8.67. The molecule has 1 atom stereocenters. The van der Waals surface area contributed by atoms with Gasteiger partial charge < -0.3 is 18.9 Å². The predicted octanol–water partition coefficient (Wildman–Crippen LogP) is 4.57. The van der Waals surface area contributed by atoms with Gasteiger partial charge in [0.25, 0.3) is 0 Å². The van der Waals surface area contributed by atoms with E-state index in [1.54, 1.807) is 21.3 Å². The van der Waals surface area contributed by atoms with Crippen LogP contribution in [-0.2, 0) is 0 Å². The van der Waals surface area contributed by atoms with Crippen LogP contribution in [-0.4, -0.2) is 27.1 Å². The van der Waals surface area contributed by atoms with Crippen LogP contribution in [0.25, 0.3) is 10.8 Å². The maximum absolute atomic E-state index is 12.8. The summed E-state index contributed by atoms with van der Waals surface area (Å²) >= 11 is 0. The number of ether oxygens (including phenoxy) is 4. The van der Waals surface area contributed by atoms with Gasteiger partial charge in [0.2, 0.25) is 5.75 Å². The summed E-state index contributed by atoms with van der Waals surface area (Å²) in [6, 6.07) is 15.3. The molecule has 1 unspecified atom stereocenters. The lowest BCUT2D eigenvalue weighted by Gasteiger charge is -2.27. The molecule has 3 aromatic rings. The Morgan fingerprint density at radius 2 is 1.63 bits per heavy atom. The topological polar surface area (TPSA) is 54.0 Å². The fourth-order valence-corrected chi connectivity index (χ4v) is 3.52. The molecular formula is C22H20O5. The molecule has 5 heteroatoms. The first-order chi connectivity index (χ1) is 13.2. The van der Waals surface area contributed by atoms with E-state index in [4.69, 9.17) is 18.9 Å². The Kier molecular flexibility index (Phi) is 4.36. The van der Waals surface area contributed by atoms with Crippen LogP contribution in [0.1, 0.15) is 28.4 Å². The third-order valence-electron chi connectivity index (χ3n) is 4.87. The van der Waals surface area contributed by atoms with Gasteiger partial charge in [-0.1, -0.05) is 30.3 Å². The minimum absolute atomic E-state index is 0.0563. The van der Waals surface area contributed by atoms with Crippen molar-refractivity contribution in [1.29, 1.82) is 0 Å². The van der Waals surface area contributed by atoms with Crippen LogP contribution >= 0.6 is 0 Å². The Balaban J connectivity index is 1.82. The maximum atomic E-state index is 12.8. The number of benzene rings is 3. The van der Waals surface area contributed by atoms with Crippen molar-refractivity contribution in [1.82, 2.24) is 0 Å². The van der Waals surface area contributed by atoms with Crippen LogP contribution in [0, 0.1) is 0 Å². The van der Waals surface area contributed by atoms with Crippen molar-refractivity contribution < 1.29 is 23.7 Å². The Morgan fingerprint density at radius 1 is 0.926 bits per heavy atom. The van der Waals surface area contributed by atoms with E-state index < -0.39 is 6.10 Å². The van der Waals surface area contributed by atoms with E-state index in [0.717, 1.165) is 16.3 Å². The van der Waals surface area contributed by atoms with Crippen LogP contribution in [0.5, 0.6) is 23.0 Å². The number of rotatable bonds is 4. The minimum atomic E-state index is -0.426. The van der Waals surface area contributed by atoms with Gasteiger partial charge in [0, 0.05) is 10.9 Å². The fraction of sp³-hybridized carbons (Fsp3) is 0.227. The second-order valence-corrected chi connectivity index (χ2v) is 6.36. The number of ketones is 1. The molecule has 0 bridgehead atoms. The fourth-order valence-electron chi connectivity index (χ4n) is 3.52. The van der Waals surface area contributed by atoms with Crippen molar-refractivity contribution in [2.24, 2.45) is 0 Å². The highest BCUT2D eigenvalue weighted by Gasteiger charge is 2.30. The molecule has 138 valence electrons. The standard InChI is InChI=1S/C22H20O5/c1-24-19-10-14(11-20(25-2)22(19)26-3)18-12-17(23)16-9-8-13-6-4-5-7-15(13)21(16)27-18/h4-11,18H,12H2,1-3H3. The molecule has 0 radical (unpaired) electrons. The molecule has 0 saturated carbocycles.